The number of rotatable bonds is 5. The van der Waals surface area contributed by atoms with E-state index in [0.717, 1.165) is 0 Å². The maximum atomic E-state index is 11.6. The molecule has 0 aromatic heterocycles. The Labute approximate surface area is 103 Å². The molecule has 6 heteroatoms. The van der Waals surface area contributed by atoms with Crippen LogP contribution in [-0.2, 0) is 4.79 Å². The van der Waals surface area contributed by atoms with E-state index in [2.05, 4.69) is 5.32 Å². The maximum Gasteiger partial charge on any atom is 0.305 e. The van der Waals surface area contributed by atoms with Crippen molar-refractivity contribution in [3.63, 3.8) is 0 Å². The number of benzene rings is 1. The summed E-state index contributed by atoms with van der Waals surface area (Å²) in [6.07, 6.45) is -0.115. The Balaban J connectivity index is 2.66. The fourth-order valence-corrected chi connectivity index (χ4v) is 1.38. The Bertz CT molecular complexity index is 433. The van der Waals surface area contributed by atoms with Gasteiger partial charge in [-0.15, -0.1) is 0 Å². The van der Waals surface area contributed by atoms with Gasteiger partial charge in [0.15, 0.2) is 0 Å². The summed E-state index contributed by atoms with van der Waals surface area (Å²) in [5, 5.41) is 11.3. The molecule has 2 N–H and O–H groups in total. The van der Waals surface area contributed by atoms with Crippen molar-refractivity contribution < 1.29 is 19.4 Å². The van der Waals surface area contributed by atoms with Gasteiger partial charge in [-0.3, -0.25) is 9.59 Å². The number of nitrogens with one attached hydrogen (secondary N) is 1. The van der Waals surface area contributed by atoms with Crippen LogP contribution in [0.4, 0.5) is 0 Å². The molecular formula is C11H12ClNO4. The number of methoxy groups -OCH3 is 1. The standard InChI is InChI=1S/C11H12ClNO4/c1-17-9-6-7(2-3-8(9)12)11(16)13-5-4-10(14)15/h2-3,6H,4-5H2,1H3,(H,13,16)(H,14,15). The summed E-state index contributed by atoms with van der Waals surface area (Å²) < 4.78 is 4.97. The molecule has 1 aromatic rings. The van der Waals surface area contributed by atoms with E-state index in [9.17, 15) is 9.59 Å². The highest BCUT2D eigenvalue weighted by atomic mass is 35.5. The lowest BCUT2D eigenvalue weighted by Gasteiger charge is -2.07. The van der Waals surface area contributed by atoms with Gasteiger partial charge in [0.1, 0.15) is 5.75 Å². The number of hydrogen-bond acceptors (Lipinski definition) is 3. The average Bonchev–Trinajstić information content (AvgIpc) is 2.29. The Hall–Kier alpha value is -1.75. The molecule has 0 aliphatic rings. The number of aliphatic carboxylic acids is 1. The van der Waals surface area contributed by atoms with E-state index in [-0.39, 0.29) is 18.9 Å². The molecule has 0 heterocycles. The summed E-state index contributed by atoms with van der Waals surface area (Å²) >= 11 is 5.81. The van der Waals surface area contributed by atoms with Crippen LogP contribution in [0.3, 0.4) is 0 Å². The number of carbonyl (C=O) groups is 2. The van der Waals surface area contributed by atoms with E-state index >= 15 is 0 Å². The van der Waals surface area contributed by atoms with Gasteiger partial charge in [-0.25, -0.2) is 0 Å². The molecule has 1 rings (SSSR count). The SMILES string of the molecule is COc1cc(C(=O)NCCC(=O)O)ccc1Cl. The molecule has 1 aromatic carbocycles. The topological polar surface area (TPSA) is 75.6 Å². The van der Waals surface area contributed by atoms with E-state index in [0.29, 0.717) is 16.3 Å². The molecule has 17 heavy (non-hydrogen) atoms. The van der Waals surface area contributed by atoms with Crippen LogP contribution in [0.15, 0.2) is 18.2 Å². The minimum atomic E-state index is -0.959. The zero-order chi connectivity index (χ0) is 12.8. The summed E-state index contributed by atoms with van der Waals surface area (Å²) in [5.41, 5.74) is 0.372. The van der Waals surface area contributed by atoms with Gasteiger partial charge in [0.25, 0.3) is 5.91 Å². The summed E-state index contributed by atoms with van der Waals surface area (Å²) in [5.74, 6) is -0.919. The first kappa shape index (κ1) is 13.3. The Morgan fingerprint density at radius 2 is 2.18 bits per heavy atom. The molecule has 0 spiro atoms. The van der Waals surface area contributed by atoms with Crippen LogP contribution in [0.5, 0.6) is 5.75 Å². The second kappa shape index (κ2) is 6.10. The first-order valence-electron chi connectivity index (χ1n) is 4.88. The zero-order valence-electron chi connectivity index (χ0n) is 9.20. The number of carboxylic acid groups (broad SMARTS) is 1. The van der Waals surface area contributed by atoms with Gasteiger partial charge in [-0.2, -0.15) is 0 Å². The number of halogens is 1. The second-order valence-corrected chi connectivity index (χ2v) is 3.66. The van der Waals surface area contributed by atoms with Gasteiger partial charge >= 0.3 is 5.97 Å². The molecule has 0 fully saturated rings. The van der Waals surface area contributed by atoms with E-state index in [4.69, 9.17) is 21.4 Å². The molecule has 0 saturated carbocycles. The predicted molar refractivity (Wildman–Crippen MR) is 62.6 cm³/mol. The van der Waals surface area contributed by atoms with Crippen molar-refractivity contribution in [2.45, 2.75) is 6.42 Å². The van der Waals surface area contributed by atoms with Crippen LogP contribution in [0.1, 0.15) is 16.8 Å². The highest BCUT2D eigenvalue weighted by Gasteiger charge is 2.09. The first-order chi connectivity index (χ1) is 8.04. The summed E-state index contributed by atoms with van der Waals surface area (Å²) in [4.78, 5) is 21.9. The van der Waals surface area contributed by atoms with E-state index < -0.39 is 5.97 Å². The van der Waals surface area contributed by atoms with Gasteiger partial charge < -0.3 is 15.2 Å². The van der Waals surface area contributed by atoms with Crippen LogP contribution in [0, 0.1) is 0 Å². The average molecular weight is 258 g/mol. The summed E-state index contributed by atoms with van der Waals surface area (Å²) in [7, 11) is 1.45. The third kappa shape index (κ3) is 3.96. The Morgan fingerprint density at radius 1 is 1.47 bits per heavy atom. The fourth-order valence-electron chi connectivity index (χ4n) is 1.19. The molecule has 0 unspecified atom stereocenters. The highest BCUT2D eigenvalue weighted by Crippen LogP contribution is 2.24. The van der Waals surface area contributed by atoms with Gasteiger partial charge in [-0.1, -0.05) is 11.6 Å². The first-order valence-corrected chi connectivity index (χ1v) is 5.26. The van der Waals surface area contributed by atoms with E-state index in [1.54, 1.807) is 12.1 Å². The number of carbonyl (C=O) groups excluding carboxylic acids is 1. The van der Waals surface area contributed by atoms with Crippen LogP contribution in [0.2, 0.25) is 5.02 Å². The summed E-state index contributed by atoms with van der Waals surface area (Å²) in [6, 6.07) is 4.59. The molecule has 5 nitrogen and oxygen atoms in total. The Kier molecular flexibility index (Phi) is 4.78. The van der Waals surface area contributed by atoms with Crippen molar-refractivity contribution in [2.24, 2.45) is 0 Å². The number of hydrogen-bond donors (Lipinski definition) is 2. The highest BCUT2D eigenvalue weighted by molar-refractivity contribution is 6.32. The second-order valence-electron chi connectivity index (χ2n) is 3.25. The van der Waals surface area contributed by atoms with Crippen molar-refractivity contribution in [1.82, 2.24) is 5.32 Å². The number of ether oxygens (including phenoxy) is 1. The zero-order valence-corrected chi connectivity index (χ0v) is 9.95. The van der Waals surface area contributed by atoms with Crippen molar-refractivity contribution in [3.8, 4) is 5.75 Å². The largest absolute Gasteiger partial charge is 0.495 e. The maximum absolute atomic E-state index is 11.6. The lowest BCUT2D eigenvalue weighted by atomic mass is 10.2. The van der Waals surface area contributed by atoms with Crippen molar-refractivity contribution in [3.05, 3.63) is 28.8 Å². The number of amides is 1. The lowest BCUT2D eigenvalue weighted by Crippen LogP contribution is -2.25. The van der Waals surface area contributed by atoms with Crippen molar-refractivity contribution in [1.29, 1.82) is 0 Å². The number of carboxylic acids is 1. The van der Waals surface area contributed by atoms with Crippen LogP contribution in [0.25, 0.3) is 0 Å². The smallest absolute Gasteiger partial charge is 0.305 e. The van der Waals surface area contributed by atoms with Gasteiger partial charge in [-0.05, 0) is 18.2 Å². The minimum absolute atomic E-state index is 0.0824. The van der Waals surface area contributed by atoms with E-state index in [1.165, 1.54) is 13.2 Å². The molecule has 0 saturated heterocycles. The van der Waals surface area contributed by atoms with Crippen molar-refractivity contribution >= 4 is 23.5 Å². The molecule has 0 aliphatic heterocycles. The predicted octanol–water partition coefficient (Wildman–Crippen LogP) is 1.55. The molecule has 92 valence electrons. The van der Waals surface area contributed by atoms with Gasteiger partial charge in [0.2, 0.25) is 0 Å². The molecular weight excluding hydrogens is 246 g/mol. The van der Waals surface area contributed by atoms with E-state index in [1.807, 2.05) is 0 Å². The van der Waals surface area contributed by atoms with Crippen LogP contribution < -0.4 is 10.1 Å². The third-order valence-corrected chi connectivity index (χ3v) is 2.35. The van der Waals surface area contributed by atoms with Crippen LogP contribution in [-0.4, -0.2) is 30.6 Å². The van der Waals surface area contributed by atoms with Crippen molar-refractivity contribution in [2.75, 3.05) is 13.7 Å². The molecule has 1 amide bonds. The molecule has 0 aliphatic carbocycles. The fraction of sp³-hybridized carbons (Fsp3) is 0.273. The third-order valence-electron chi connectivity index (χ3n) is 2.04. The minimum Gasteiger partial charge on any atom is -0.495 e. The normalized spacial score (nSPS) is 9.76. The van der Waals surface area contributed by atoms with Gasteiger partial charge in [0, 0.05) is 12.1 Å². The quantitative estimate of drug-likeness (QED) is 0.839. The lowest BCUT2D eigenvalue weighted by molar-refractivity contribution is -0.136. The van der Waals surface area contributed by atoms with Gasteiger partial charge in [0.05, 0.1) is 18.6 Å². The van der Waals surface area contributed by atoms with Crippen LogP contribution >= 0.6 is 11.6 Å². The monoisotopic (exact) mass is 257 g/mol. The summed E-state index contributed by atoms with van der Waals surface area (Å²) in [6.45, 7) is 0.0824. The Morgan fingerprint density at radius 3 is 2.76 bits per heavy atom. The molecule has 0 radical (unpaired) electrons. The molecule has 0 bridgehead atoms. The molecule has 0 atom stereocenters.